The van der Waals surface area contributed by atoms with E-state index in [0.29, 0.717) is 6.54 Å². The maximum atomic E-state index is 9.53. The van der Waals surface area contributed by atoms with E-state index in [9.17, 15) is 5.11 Å². The molecular formula is C11H21N3O. The average molecular weight is 211 g/mol. The zero-order chi connectivity index (χ0) is 11.3. The highest BCUT2D eigenvalue weighted by Crippen LogP contribution is 2.02. The summed E-state index contributed by atoms with van der Waals surface area (Å²) in [5.74, 6) is 0. The summed E-state index contributed by atoms with van der Waals surface area (Å²) in [5.41, 5.74) is 0.511. The van der Waals surface area contributed by atoms with Crippen LogP contribution in [-0.4, -0.2) is 27.0 Å². The first-order valence-corrected chi connectivity index (χ1v) is 5.46. The Balaban J connectivity index is 2.40. The predicted molar refractivity (Wildman–Crippen MR) is 60.5 cm³/mol. The number of aryl methyl sites for hydroxylation is 1. The van der Waals surface area contributed by atoms with Crippen molar-refractivity contribution in [1.82, 2.24) is 15.1 Å². The molecule has 1 heterocycles. The summed E-state index contributed by atoms with van der Waals surface area (Å²) >= 11 is 0. The molecule has 0 saturated heterocycles. The van der Waals surface area contributed by atoms with Crippen LogP contribution in [0.3, 0.4) is 0 Å². The van der Waals surface area contributed by atoms with Gasteiger partial charge in [-0.1, -0.05) is 6.92 Å². The lowest BCUT2D eigenvalue weighted by atomic mass is 10.1. The first kappa shape index (κ1) is 12.2. The largest absolute Gasteiger partial charge is 0.389 e. The van der Waals surface area contributed by atoms with Gasteiger partial charge in [-0.15, -0.1) is 0 Å². The fraction of sp³-hybridized carbons (Fsp3) is 0.727. The quantitative estimate of drug-likeness (QED) is 0.742. The molecule has 0 aliphatic rings. The minimum atomic E-state index is -0.657. The summed E-state index contributed by atoms with van der Waals surface area (Å²) in [5, 5.41) is 17.0. The summed E-state index contributed by atoms with van der Waals surface area (Å²) < 4.78 is 2.00. The van der Waals surface area contributed by atoms with Gasteiger partial charge in [-0.3, -0.25) is 4.68 Å². The molecule has 0 unspecified atom stereocenters. The van der Waals surface area contributed by atoms with Crippen LogP contribution in [0, 0.1) is 0 Å². The van der Waals surface area contributed by atoms with Gasteiger partial charge in [0, 0.05) is 25.8 Å². The van der Waals surface area contributed by atoms with Crippen LogP contribution in [0.4, 0.5) is 0 Å². The lowest BCUT2D eigenvalue weighted by Gasteiger charge is -2.17. The molecule has 1 aromatic rings. The van der Waals surface area contributed by atoms with E-state index in [1.54, 1.807) is 13.8 Å². The molecule has 15 heavy (non-hydrogen) atoms. The summed E-state index contributed by atoms with van der Waals surface area (Å²) in [7, 11) is 0. The molecule has 1 rings (SSSR count). The second-order valence-corrected chi connectivity index (χ2v) is 4.46. The topological polar surface area (TPSA) is 50.1 Å². The fourth-order valence-electron chi connectivity index (χ4n) is 1.42. The first-order chi connectivity index (χ1) is 7.03. The first-order valence-electron chi connectivity index (χ1n) is 5.46. The van der Waals surface area contributed by atoms with E-state index < -0.39 is 5.60 Å². The number of hydrogen-bond donors (Lipinski definition) is 2. The molecule has 4 heteroatoms. The highest BCUT2D eigenvalue weighted by Gasteiger charge is 2.11. The summed E-state index contributed by atoms with van der Waals surface area (Å²) in [6.07, 6.45) is 2.90. The van der Waals surface area contributed by atoms with Crippen molar-refractivity contribution in [2.45, 2.75) is 45.9 Å². The Morgan fingerprint density at radius 2 is 2.27 bits per heavy atom. The molecule has 0 atom stereocenters. The molecule has 2 N–H and O–H groups in total. The molecule has 0 spiro atoms. The second kappa shape index (κ2) is 5.28. The summed E-state index contributed by atoms with van der Waals surface area (Å²) in [4.78, 5) is 0. The van der Waals surface area contributed by atoms with Gasteiger partial charge in [-0.2, -0.15) is 5.10 Å². The van der Waals surface area contributed by atoms with Gasteiger partial charge in [0.15, 0.2) is 0 Å². The maximum Gasteiger partial charge on any atom is 0.0715 e. The van der Waals surface area contributed by atoms with Crippen molar-refractivity contribution >= 4 is 0 Å². The minimum Gasteiger partial charge on any atom is -0.389 e. The van der Waals surface area contributed by atoms with Crippen LogP contribution >= 0.6 is 0 Å². The van der Waals surface area contributed by atoms with Crippen LogP contribution in [0.15, 0.2) is 12.3 Å². The van der Waals surface area contributed by atoms with Crippen molar-refractivity contribution in [3.05, 3.63) is 18.0 Å². The molecule has 0 aromatic carbocycles. The molecule has 0 fully saturated rings. The monoisotopic (exact) mass is 211 g/mol. The molecule has 0 bridgehead atoms. The molecule has 0 amide bonds. The Bertz CT molecular complexity index is 288. The minimum absolute atomic E-state index is 0.588. The van der Waals surface area contributed by atoms with Gasteiger partial charge in [0.05, 0.1) is 11.3 Å². The molecule has 0 radical (unpaired) electrons. The van der Waals surface area contributed by atoms with E-state index in [1.807, 2.05) is 16.9 Å². The molecule has 0 aliphatic heterocycles. The van der Waals surface area contributed by atoms with Gasteiger partial charge in [-0.05, 0) is 26.3 Å². The average Bonchev–Trinajstić information content (AvgIpc) is 2.51. The Kier molecular flexibility index (Phi) is 4.29. The second-order valence-electron chi connectivity index (χ2n) is 4.46. The fourth-order valence-corrected chi connectivity index (χ4v) is 1.42. The summed E-state index contributed by atoms with van der Waals surface area (Å²) in [6, 6.07) is 2.01. The van der Waals surface area contributed by atoms with Crippen molar-refractivity contribution in [3.8, 4) is 0 Å². The lowest BCUT2D eigenvalue weighted by molar-refractivity contribution is 0.0793. The third kappa shape index (κ3) is 4.44. The normalized spacial score (nSPS) is 12.0. The Labute approximate surface area is 91.3 Å². The van der Waals surface area contributed by atoms with Gasteiger partial charge in [0.2, 0.25) is 0 Å². The SMILES string of the molecule is CCCn1nccc1CNCC(C)(C)O. The molecule has 1 aromatic heterocycles. The maximum absolute atomic E-state index is 9.53. The van der Waals surface area contributed by atoms with E-state index in [4.69, 9.17) is 0 Å². The van der Waals surface area contributed by atoms with Gasteiger partial charge in [0.25, 0.3) is 0 Å². The Morgan fingerprint density at radius 3 is 2.87 bits per heavy atom. The lowest BCUT2D eigenvalue weighted by Crippen LogP contribution is -2.34. The van der Waals surface area contributed by atoms with Gasteiger partial charge < -0.3 is 10.4 Å². The van der Waals surface area contributed by atoms with Crippen molar-refractivity contribution in [2.75, 3.05) is 6.54 Å². The highest BCUT2D eigenvalue weighted by molar-refractivity contribution is 5.00. The van der Waals surface area contributed by atoms with E-state index in [1.165, 1.54) is 5.69 Å². The molecular weight excluding hydrogens is 190 g/mol. The van der Waals surface area contributed by atoms with Crippen molar-refractivity contribution in [1.29, 1.82) is 0 Å². The van der Waals surface area contributed by atoms with Crippen LogP contribution in [0.5, 0.6) is 0 Å². The van der Waals surface area contributed by atoms with E-state index in [-0.39, 0.29) is 0 Å². The van der Waals surface area contributed by atoms with Crippen LogP contribution in [0.2, 0.25) is 0 Å². The van der Waals surface area contributed by atoms with Crippen molar-refractivity contribution < 1.29 is 5.11 Å². The Hall–Kier alpha value is -0.870. The number of nitrogens with zero attached hydrogens (tertiary/aromatic N) is 2. The van der Waals surface area contributed by atoms with Crippen molar-refractivity contribution in [2.24, 2.45) is 0 Å². The third-order valence-corrected chi connectivity index (χ3v) is 2.10. The standard InChI is InChI=1S/C11H21N3O/c1-4-7-14-10(5-6-13-14)8-12-9-11(2,3)15/h5-6,12,15H,4,7-9H2,1-3H3. The highest BCUT2D eigenvalue weighted by atomic mass is 16.3. The smallest absolute Gasteiger partial charge is 0.0715 e. The number of aromatic nitrogens is 2. The van der Waals surface area contributed by atoms with Crippen LogP contribution in [0.1, 0.15) is 32.9 Å². The van der Waals surface area contributed by atoms with Gasteiger partial charge >= 0.3 is 0 Å². The van der Waals surface area contributed by atoms with Crippen molar-refractivity contribution in [3.63, 3.8) is 0 Å². The number of rotatable bonds is 6. The van der Waals surface area contributed by atoms with Gasteiger partial charge in [0.1, 0.15) is 0 Å². The van der Waals surface area contributed by atoms with Crippen LogP contribution < -0.4 is 5.32 Å². The van der Waals surface area contributed by atoms with Gasteiger partial charge in [-0.25, -0.2) is 0 Å². The number of aliphatic hydroxyl groups is 1. The number of hydrogen-bond acceptors (Lipinski definition) is 3. The molecule has 4 nitrogen and oxygen atoms in total. The molecule has 86 valence electrons. The summed E-state index contributed by atoms with van der Waals surface area (Å²) in [6.45, 7) is 8.02. The van der Waals surface area contributed by atoms with E-state index in [2.05, 4.69) is 17.3 Å². The zero-order valence-electron chi connectivity index (χ0n) is 9.82. The predicted octanol–water partition coefficient (Wildman–Crippen LogP) is 1.15. The molecule has 0 aliphatic carbocycles. The van der Waals surface area contributed by atoms with E-state index in [0.717, 1.165) is 19.5 Å². The third-order valence-electron chi connectivity index (χ3n) is 2.10. The Morgan fingerprint density at radius 1 is 1.53 bits per heavy atom. The van der Waals surface area contributed by atoms with Crippen LogP contribution in [-0.2, 0) is 13.1 Å². The van der Waals surface area contributed by atoms with E-state index >= 15 is 0 Å². The zero-order valence-corrected chi connectivity index (χ0v) is 9.82. The number of nitrogens with one attached hydrogen (secondary N) is 1. The molecule has 0 saturated carbocycles. The van der Waals surface area contributed by atoms with Crippen LogP contribution in [0.25, 0.3) is 0 Å².